The molecule has 2 nitrogen and oxygen atoms in total. The smallest absolute Gasteiger partial charge is 0.140 e. The summed E-state index contributed by atoms with van der Waals surface area (Å²) < 4.78 is 2.14. The molecule has 0 aliphatic heterocycles. The molecule has 3 aromatic rings. The molecule has 0 saturated carbocycles. The van der Waals surface area contributed by atoms with Crippen LogP contribution in [0.15, 0.2) is 54.6 Å². The molecule has 0 saturated heterocycles. The number of nitrogens with zero attached hydrogens (tertiary/aromatic N) is 2. The molecule has 2 aromatic carbocycles. The molecule has 0 unspecified atom stereocenters. The number of hydrogen-bond acceptors (Lipinski definition) is 1. The molecule has 0 amide bonds. The number of fused-ring (bicyclic) bond motifs is 1. The summed E-state index contributed by atoms with van der Waals surface area (Å²) in [6.45, 7) is 2.03. The maximum atomic E-state index is 4.70. The number of aryl methyl sites for hydroxylation is 1. The van der Waals surface area contributed by atoms with Gasteiger partial charge >= 0.3 is 0 Å². The average molecular weight is 248 g/mol. The fourth-order valence-corrected chi connectivity index (χ4v) is 2.34. The molecule has 2 heteroatoms. The molecule has 0 N–H and O–H groups in total. The molecule has 0 radical (unpaired) electrons. The number of imidazole rings is 1. The molecule has 1 aromatic heterocycles. The van der Waals surface area contributed by atoms with Gasteiger partial charge in [-0.2, -0.15) is 0 Å². The quantitative estimate of drug-likeness (QED) is 0.662. The SMILES string of the molecule is C/C=C/c1ccc(-c2nc3ccccc3n2C)cc1. The lowest BCUT2D eigenvalue weighted by molar-refractivity contribution is 0.959. The normalized spacial score (nSPS) is 11.5. The summed E-state index contributed by atoms with van der Waals surface area (Å²) in [6.07, 6.45) is 4.14. The predicted molar refractivity (Wildman–Crippen MR) is 80.9 cm³/mol. The summed E-state index contributed by atoms with van der Waals surface area (Å²) in [5.41, 5.74) is 4.56. The van der Waals surface area contributed by atoms with Crippen LogP contribution in [0.5, 0.6) is 0 Å². The van der Waals surface area contributed by atoms with Crippen molar-refractivity contribution in [3.8, 4) is 11.4 Å². The highest BCUT2D eigenvalue weighted by Gasteiger charge is 2.08. The molecule has 0 aliphatic rings. The highest BCUT2D eigenvalue weighted by Crippen LogP contribution is 2.23. The van der Waals surface area contributed by atoms with E-state index < -0.39 is 0 Å². The fourth-order valence-electron chi connectivity index (χ4n) is 2.34. The van der Waals surface area contributed by atoms with E-state index in [-0.39, 0.29) is 0 Å². The first-order valence-corrected chi connectivity index (χ1v) is 6.44. The van der Waals surface area contributed by atoms with Crippen molar-refractivity contribution in [2.75, 3.05) is 0 Å². The molecule has 0 fully saturated rings. The lowest BCUT2D eigenvalue weighted by atomic mass is 10.1. The summed E-state index contributed by atoms with van der Waals surface area (Å²) in [5.74, 6) is 1.01. The van der Waals surface area contributed by atoms with Gasteiger partial charge in [0.1, 0.15) is 5.82 Å². The Kier molecular flexibility index (Phi) is 2.92. The van der Waals surface area contributed by atoms with E-state index in [1.54, 1.807) is 0 Å². The van der Waals surface area contributed by atoms with Crippen LogP contribution in [0.1, 0.15) is 12.5 Å². The zero-order valence-electron chi connectivity index (χ0n) is 11.2. The zero-order chi connectivity index (χ0) is 13.2. The van der Waals surface area contributed by atoms with Gasteiger partial charge in [0.25, 0.3) is 0 Å². The highest BCUT2D eigenvalue weighted by atomic mass is 15.1. The molecule has 19 heavy (non-hydrogen) atoms. The first-order chi connectivity index (χ1) is 9.29. The highest BCUT2D eigenvalue weighted by molar-refractivity contribution is 5.80. The van der Waals surface area contributed by atoms with Crippen LogP contribution in [0.3, 0.4) is 0 Å². The van der Waals surface area contributed by atoms with Crippen molar-refractivity contribution in [2.45, 2.75) is 6.92 Å². The number of allylic oxidation sites excluding steroid dienone is 1. The van der Waals surface area contributed by atoms with Crippen molar-refractivity contribution < 1.29 is 0 Å². The molecule has 3 rings (SSSR count). The van der Waals surface area contributed by atoms with Crippen molar-refractivity contribution in [1.82, 2.24) is 9.55 Å². The Hall–Kier alpha value is -2.35. The third-order valence-corrected chi connectivity index (χ3v) is 3.32. The monoisotopic (exact) mass is 248 g/mol. The van der Waals surface area contributed by atoms with Crippen molar-refractivity contribution in [1.29, 1.82) is 0 Å². The third kappa shape index (κ3) is 2.06. The summed E-state index contributed by atoms with van der Waals surface area (Å²) in [6, 6.07) is 16.7. The molecular formula is C17H16N2. The average Bonchev–Trinajstić information content (AvgIpc) is 2.78. The minimum atomic E-state index is 1.01. The van der Waals surface area contributed by atoms with Crippen LogP contribution in [0.4, 0.5) is 0 Å². The summed E-state index contributed by atoms with van der Waals surface area (Å²) in [4.78, 5) is 4.70. The van der Waals surface area contributed by atoms with Gasteiger partial charge in [0.2, 0.25) is 0 Å². The third-order valence-electron chi connectivity index (χ3n) is 3.32. The first-order valence-electron chi connectivity index (χ1n) is 6.44. The van der Waals surface area contributed by atoms with Gasteiger partial charge < -0.3 is 4.57 Å². The van der Waals surface area contributed by atoms with Crippen LogP contribution in [0.25, 0.3) is 28.5 Å². The number of rotatable bonds is 2. The van der Waals surface area contributed by atoms with E-state index in [1.165, 1.54) is 5.56 Å². The maximum absolute atomic E-state index is 4.70. The van der Waals surface area contributed by atoms with Gasteiger partial charge in [-0.1, -0.05) is 48.6 Å². The Morgan fingerprint density at radius 2 is 1.74 bits per heavy atom. The van der Waals surface area contributed by atoms with Crippen molar-refractivity contribution in [3.05, 3.63) is 60.2 Å². The van der Waals surface area contributed by atoms with E-state index in [0.29, 0.717) is 0 Å². The Balaban J connectivity index is 2.11. The Bertz CT molecular complexity index is 734. The second kappa shape index (κ2) is 4.73. The van der Waals surface area contributed by atoms with Crippen LogP contribution < -0.4 is 0 Å². The van der Waals surface area contributed by atoms with Crippen molar-refractivity contribution in [3.63, 3.8) is 0 Å². The summed E-state index contributed by atoms with van der Waals surface area (Å²) in [7, 11) is 2.06. The van der Waals surface area contributed by atoms with Gasteiger partial charge in [0.15, 0.2) is 0 Å². The predicted octanol–water partition coefficient (Wildman–Crippen LogP) is 4.27. The van der Waals surface area contributed by atoms with E-state index >= 15 is 0 Å². The fraction of sp³-hybridized carbons (Fsp3) is 0.118. The standard InChI is InChI=1S/C17H16N2/c1-3-6-13-9-11-14(12-10-13)17-18-15-7-4-5-8-16(15)19(17)2/h3-12H,1-2H3/b6-3+. The topological polar surface area (TPSA) is 17.8 Å². The summed E-state index contributed by atoms with van der Waals surface area (Å²) in [5, 5.41) is 0. The van der Waals surface area contributed by atoms with E-state index in [2.05, 4.69) is 48.0 Å². The van der Waals surface area contributed by atoms with E-state index in [9.17, 15) is 0 Å². The van der Waals surface area contributed by atoms with Crippen LogP contribution in [0.2, 0.25) is 0 Å². The second-order valence-electron chi connectivity index (χ2n) is 4.61. The van der Waals surface area contributed by atoms with Crippen LogP contribution >= 0.6 is 0 Å². The molecule has 1 heterocycles. The molecule has 0 bridgehead atoms. The maximum Gasteiger partial charge on any atom is 0.140 e. The molecule has 94 valence electrons. The lowest BCUT2D eigenvalue weighted by Crippen LogP contribution is -1.92. The molecular weight excluding hydrogens is 232 g/mol. The Morgan fingerprint density at radius 3 is 2.42 bits per heavy atom. The van der Waals surface area contributed by atoms with Gasteiger partial charge in [-0.15, -0.1) is 0 Å². The lowest BCUT2D eigenvalue weighted by Gasteiger charge is -2.03. The first kappa shape index (κ1) is 11.7. The number of aromatic nitrogens is 2. The summed E-state index contributed by atoms with van der Waals surface area (Å²) >= 11 is 0. The molecule has 0 aliphatic carbocycles. The van der Waals surface area contributed by atoms with Gasteiger partial charge in [0.05, 0.1) is 11.0 Å². The number of para-hydroxylation sites is 2. The largest absolute Gasteiger partial charge is 0.327 e. The zero-order valence-corrected chi connectivity index (χ0v) is 11.2. The van der Waals surface area contributed by atoms with Crippen molar-refractivity contribution >= 4 is 17.1 Å². The van der Waals surface area contributed by atoms with Gasteiger partial charge in [-0.25, -0.2) is 4.98 Å². The number of benzene rings is 2. The Labute approximate surface area is 113 Å². The van der Waals surface area contributed by atoms with Gasteiger partial charge in [-0.05, 0) is 24.6 Å². The van der Waals surface area contributed by atoms with Crippen LogP contribution in [0, 0.1) is 0 Å². The van der Waals surface area contributed by atoms with Gasteiger partial charge in [-0.3, -0.25) is 0 Å². The van der Waals surface area contributed by atoms with E-state index in [4.69, 9.17) is 4.98 Å². The Morgan fingerprint density at radius 1 is 1.00 bits per heavy atom. The van der Waals surface area contributed by atoms with Crippen molar-refractivity contribution in [2.24, 2.45) is 7.05 Å². The van der Waals surface area contributed by atoms with Gasteiger partial charge in [0, 0.05) is 12.6 Å². The minimum absolute atomic E-state index is 1.01. The minimum Gasteiger partial charge on any atom is -0.327 e. The van der Waals surface area contributed by atoms with E-state index in [0.717, 1.165) is 22.4 Å². The molecule has 0 spiro atoms. The second-order valence-corrected chi connectivity index (χ2v) is 4.61. The van der Waals surface area contributed by atoms with Crippen LogP contribution in [-0.2, 0) is 7.05 Å². The number of hydrogen-bond donors (Lipinski definition) is 0. The molecule has 0 atom stereocenters. The van der Waals surface area contributed by atoms with Crippen LogP contribution in [-0.4, -0.2) is 9.55 Å². The van der Waals surface area contributed by atoms with E-state index in [1.807, 2.05) is 31.2 Å².